The fourth-order valence-corrected chi connectivity index (χ4v) is 6.73. The number of benzene rings is 2. The second-order valence-corrected chi connectivity index (χ2v) is 13.4. The topological polar surface area (TPSA) is 208 Å². The maximum Gasteiger partial charge on any atom is 0.292 e. The van der Waals surface area contributed by atoms with Crippen LogP contribution in [-0.4, -0.2) is 70.7 Å². The van der Waals surface area contributed by atoms with E-state index in [1.165, 1.54) is 23.5 Å². The van der Waals surface area contributed by atoms with Crippen molar-refractivity contribution in [1.29, 1.82) is 0 Å². The molecule has 15 heteroatoms. The minimum Gasteiger partial charge on any atom is -2.00 e. The molecule has 2 fully saturated rings. The molecule has 0 saturated carbocycles. The number of anilines is 2. The number of rotatable bonds is 10. The molecule has 0 unspecified atom stereocenters. The molecule has 4 N–H and O–H groups in total. The summed E-state index contributed by atoms with van der Waals surface area (Å²) >= 11 is 0. The van der Waals surface area contributed by atoms with Crippen LogP contribution in [-0.2, 0) is 15.1 Å². The average molecular weight is 727 g/mol. The first-order valence-electron chi connectivity index (χ1n) is 17.5. The van der Waals surface area contributed by atoms with Gasteiger partial charge in [-0.15, -0.1) is 0 Å². The predicted molar refractivity (Wildman–Crippen MR) is 196 cm³/mol. The van der Waals surface area contributed by atoms with E-state index in [-0.39, 0.29) is 53.1 Å². The Morgan fingerprint density at radius 3 is 1.36 bits per heavy atom. The number of nitrogens with zero attached hydrogens (tertiary/aromatic N) is 4. The quantitative estimate of drug-likeness (QED) is 0.168. The minimum absolute atomic E-state index is 0. The van der Waals surface area contributed by atoms with Gasteiger partial charge >= 0.3 is 0 Å². The van der Waals surface area contributed by atoms with Crippen molar-refractivity contribution < 1.29 is 34.9 Å². The third-order valence-corrected chi connectivity index (χ3v) is 9.50. The van der Waals surface area contributed by atoms with Crippen LogP contribution in [0.1, 0.15) is 60.0 Å². The second-order valence-electron chi connectivity index (χ2n) is 13.4. The van der Waals surface area contributed by atoms with Gasteiger partial charge in [0.1, 0.15) is 11.4 Å². The number of H-pyrrole nitrogens is 2. The molecule has 15 nitrogen and oxygen atoms in total. The maximum atomic E-state index is 12.3. The van der Waals surface area contributed by atoms with Crippen LogP contribution in [0, 0.1) is 34.1 Å². The van der Waals surface area contributed by atoms with Gasteiger partial charge in [-0.25, -0.2) is 9.97 Å². The van der Waals surface area contributed by atoms with Gasteiger partial charge in [0.05, 0.1) is 22.9 Å². The Hall–Kier alpha value is -5.64. The summed E-state index contributed by atoms with van der Waals surface area (Å²) in [5.74, 6) is 0.522. The predicted octanol–water partition coefficient (Wildman–Crippen LogP) is 4.95. The molecule has 0 radical (unpaired) electrons. The van der Waals surface area contributed by atoms with Crippen molar-refractivity contribution in [3.8, 4) is 0 Å². The summed E-state index contributed by atoms with van der Waals surface area (Å²) in [7, 11) is 0. The van der Waals surface area contributed by atoms with E-state index in [9.17, 15) is 29.8 Å². The zero-order valence-corrected chi connectivity index (χ0v) is 30.0. The summed E-state index contributed by atoms with van der Waals surface area (Å²) < 4.78 is 0. The first kappa shape index (κ1) is 40.1. The average Bonchev–Trinajstić information content (AvgIpc) is 3.13. The van der Waals surface area contributed by atoms with E-state index in [4.69, 9.17) is 0 Å². The Labute approximate surface area is 308 Å². The maximum absolute atomic E-state index is 12.3. The SMILES string of the molecule is Cc1ccc([N+](=O)[O-])c(NC(=O)CN2CCC(c3cccc[nH+]3)CC2)c1.Cc1ccc([N+](=O)[O-])c(NC(=O)CN2CCC(c3cccc[nH+]3)CC2)c1.[O-2]. The molecule has 2 aromatic carbocycles. The van der Waals surface area contributed by atoms with Crippen molar-refractivity contribution in [2.75, 3.05) is 49.9 Å². The Balaban J connectivity index is 0.000000232. The summed E-state index contributed by atoms with van der Waals surface area (Å²) in [5, 5.41) is 27.6. The number of nitrogens with one attached hydrogen (secondary N) is 4. The van der Waals surface area contributed by atoms with Gasteiger partial charge < -0.3 is 16.1 Å². The van der Waals surface area contributed by atoms with Crippen molar-refractivity contribution >= 4 is 34.6 Å². The summed E-state index contributed by atoms with van der Waals surface area (Å²) in [5.41, 5.74) is 4.54. The molecule has 53 heavy (non-hydrogen) atoms. The number of aryl methyl sites for hydroxylation is 2. The molecule has 0 spiro atoms. The number of likely N-dealkylation sites (tertiary alicyclic amines) is 2. The number of aromatic amines is 2. The van der Waals surface area contributed by atoms with Crippen LogP contribution in [0.25, 0.3) is 0 Å². The summed E-state index contributed by atoms with van der Waals surface area (Å²) in [6, 6.07) is 21.6. The molecule has 0 aliphatic carbocycles. The summed E-state index contributed by atoms with van der Waals surface area (Å²) in [6.45, 7) is 7.49. The highest BCUT2D eigenvalue weighted by atomic mass is 16.6. The van der Waals surface area contributed by atoms with Gasteiger partial charge in [-0.05, 0) is 89.0 Å². The van der Waals surface area contributed by atoms with Crippen LogP contribution in [0.15, 0.2) is 85.2 Å². The van der Waals surface area contributed by atoms with Crippen molar-refractivity contribution in [2.45, 2.75) is 51.4 Å². The first-order chi connectivity index (χ1) is 25.0. The monoisotopic (exact) mass is 726 g/mol. The molecule has 2 aliphatic heterocycles. The van der Waals surface area contributed by atoms with Crippen LogP contribution in [0.2, 0.25) is 0 Å². The van der Waals surface area contributed by atoms with Crippen LogP contribution >= 0.6 is 0 Å². The van der Waals surface area contributed by atoms with E-state index in [2.05, 4.69) is 42.5 Å². The summed E-state index contributed by atoms with van der Waals surface area (Å²) in [4.78, 5) is 56.7. The Kier molecular flexibility index (Phi) is 14.6. The van der Waals surface area contributed by atoms with Crippen molar-refractivity contribution in [2.24, 2.45) is 0 Å². The van der Waals surface area contributed by atoms with Gasteiger partial charge in [0, 0.05) is 48.2 Å². The molecule has 4 aromatic rings. The van der Waals surface area contributed by atoms with E-state index in [0.29, 0.717) is 11.8 Å². The Morgan fingerprint density at radius 1 is 0.660 bits per heavy atom. The second kappa shape index (κ2) is 19.3. The number of carbonyl (C=O) groups is 2. The fourth-order valence-electron chi connectivity index (χ4n) is 6.73. The van der Waals surface area contributed by atoms with Gasteiger partial charge in [-0.2, -0.15) is 0 Å². The number of pyridine rings is 2. The lowest BCUT2D eigenvalue weighted by atomic mass is 9.93. The number of aromatic nitrogens is 2. The first-order valence-corrected chi connectivity index (χ1v) is 17.5. The molecule has 0 atom stereocenters. The standard InChI is InChI=1S/2C19H22N4O3.O/c2*1-14-5-6-18(23(25)26)17(12-14)21-19(24)13-22-10-7-15(8-11-22)16-4-2-3-9-20-16;/h2*2-6,9,12,15H,7-8,10-11,13H2,1H3,(H,21,24);/q;;-2/p+2. The normalized spacial score (nSPS) is 15.3. The van der Waals surface area contributed by atoms with Crippen LogP contribution in [0.4, 0.5) is 22.7 Å². The molecular formula is C38H46N8O7. The molecule has 2 amide bonds. The number of nitro benzene ring substituents is 2. The molecule has 2 aliphatic rings. The smallest absolute Gasteiger partial charge is 0.292 e. The van der Waals surface area contributed by atoms with E-state index in [1.54, 1.807) is 24.3 Å². The fraction of sp³-hybridized carbons (Fsp3) is 0.368. The zero-order chi connectivity index (χ0) is 37.0. The van der Waals surface area contributed by atoms with Crippen LogP contribution in [0.3, 0.4) is 0 Å². The molecule has 4 heterocycles. The molecule has 280 valence electrons. The summed E-state index contributed by atoms with van der Waals surface area (Å²) in [6.07, 6.45) is 7.81. The Morgan fingerprint density at radius 2 is 1.04 bits per heavy atom. The van der Waals surface area contributed by atoms with Gasteiger partial charge in [0.15, 0.2) is 23.8 Å². The lowest BCUT2D eigenvalue weighted by Crippen LogP contribution is -2.39. The van der Waals surface area contributed by atoms with Gasteiger partial charge in [0.25, 0.3) is 11.4 Å². The highest BCUT2D eigenvalue weighted by molar-refractivity contribution is 5.95. The molecule has 0 bridgehead atoms. The van der Waals surface area contributed by atoms with Gasteiger partial charge in [-0.3, -0.25) is 39.6 Å². The number of amides is 2. The minimum atomic E-state index is -0.475. The number of hydrogen-bond donors (Lipinski definition) is 2. The van der Waals surface area contributed by atoms with E-state index in [0.717, 1.165) is 63.0 Å². The van der Waals surface area contributed by atoms with Gasteiger partial charge in [-0.1, -0.05) is 24.3 Å². The number of hydrogen-bond acceptors (Lipinski definition) is 8. The van der Waals surface area contributed by atoms with Crippen molar-refractivity contribution in [3.63, 3.8) is 0 Å². The Bertz CT molecular complexity index is 1710. The highest BCUT2D eigenvalue weighted by Crippen LogP contribution is 2.28. The molecule has 2 aromatic heterocycles. The number of carbonyl (C=O) groups excluding carboxylic acids is 2. The van der Waals surface area contributed by atoms with E-state index >= 15 is 0 Å². The van der Waals surface area contributed by atoms with E-state index in [1.807, 2.05) is 50.5 Å². The molecule has 2 saturated heterocycles. The molecule has 6 rings (SSSR count). The third-order valence-electron chi connectivity index (χ3n) is 9.50. The molecular weight excluding hydrogens is 680 g/mol. The third kappa shape index (κ3) is 11.7. The van der Waals surface area contributed by atoms with Crippen molar-refractivity contribution in [3.05, 3.63) is 128 Å². The largest absolute Gasteiger partial charge is 2.00 e. The van der Waals surface area contributed by atoms with E-state index < -0.39 is 9.85 Å². The number of piperidine rings is 2. The lowest BCUT2D eigenvalue weighted by molar-refractivity contribution is -0.394. The number of nitro groups is 2. The van der Waals surface area contributed by atoms with Crippen LogP contribution in [0.5, 0.6) is 0 Å². The van der Waals surface area contributed by atoms with Crippen molar-refractivity contribution in [1.82, 2.24) is 9.80 Å². The highest BCUT2D eigenvalue weighted by Gasteiger charge is 2.27. The zero-order valence-electron chi connectivity index (χ0n) is 30.0. The van der Waals surface area contributed by atoms with Crippen LogP contribution < -0.4 is 20.6 Å². The lowest BCUT2D eigenvalue weighted by Gasteiger charge is -2.29. The van der Waals surface area contributed by atoms with Gasteiger partial charge in [0.2, 0.25) is 11.8 Å².